The van der Waals surface area contributed by atoms with Crippen molar-refractivity contribution in [3.05, 3.63) is 64.1 Å². The lowest BCUT2D eigenvalue weighted by molar-refractivity contribution is 0.0285. The molecule has 0 unspecified atom stereocenters. The number of ether oxygens (including phenoxy) is 1. The molecule has 3 nitrogen and oxygen atoms in total. The third-order valence-electron chi connectivity index (χ3n) is 3.30. The van der Waals surface area contributed by atoms with Crippen LogP contribution in [0.3, 0.4) is 0 Å². The topological polar surface area (TPSA) is 29.5 Å². The van der Waals surface area contributed by atoms with E-state index in [2.05, 4.69) is 52.3 Å². The number of rotatable bonds is 5. The van der Waals surface area contributed by atoms with Crippen molar-refractivity contribution in [2.75, 3.05) is 7.05 Å². The van der Waals surface area contributed by atoms with Crippen molar-refractivity contribution in [1.29, 1.82) is 0 Å². The van der Waals surface area contributed by atoms with E-state index in [1.807, 2.05) is 32.9 Å². The molecule has 0 aliphatic carbocycles. The maximum absolute atomic E-state index is 12.1. The molecular formula is C20H24BrNO2S. The molecular weight excluding hydrogens is 398 g/mol. The Bertz CT molecular complexity index is 713. The van der Waals surface area contributed by atoms with Gasteiger partial charge >= 0.3 is 6.09 Å². The SMILES string of the molecule is CN(Cc1cc(Br)cc(SCc2ccccc2)c1)C(=O)OC(C)(C)C. The molecule has 0 N–H and O–H groups in total. The van der Waals surface area contributed by atoms with Crippen LogP contribution < -0.4 is 0 Å². The molecule has 0 saturated heterocycles. The molecule has 0 aliphatic heterocycles. The largest absolute Gasteiger partial charge is 0.444 e. The van der Waals surface area contributed by atoms with E-state index >= 15 is 0 Å². The fraction of sp³-hybridized carbons (Fsp3) is 0.350. The summed E-state index contributed by atoms with van der Waals surface area (Å²) < 4.78 is 6.42. The van der Waals surface area contributed by atoms with E-state index in [1.54, 1.807) is 23.7 Å². The molecule has 0 saturated carbocycles. The number of nitrogens with zero attached hydrogens (tertiary/aromatic N) is 1. The van der Waals surface area contributed by atoms with Gasteiger partial charge in [0.15, 0.2) is 0 Å². The van der Waals surface area contributed by atoms with Crippen molar-refractivity contribution in [2.24, 2.45) is 0 Å². The molecule has 0 fully saturated rings. The second kappa shape index (κ2) is 8.77. The first-order valence-corrected chi connectivity index (χ1v) is 9.91. The number of amides is 1. The van der Waals surface area contributed by atoms with Crippen LogP contribution in [-0.4, -0.2) is 23.6 Å². The number of halogens is 1. The average molecular weight is 422 g/mol. The zero-order valence-corrected chi connectivity index (χ0v) is 17.5. The van der Waals surface area contributed by atoms with E-state index in [1.165, 1.54) is 10.5 Å². The summed E-state index contributed by atoms with van der Waals surface area (Å²) in [4.78, 5) is 14.9. The van der Waals surface area contributed by atoms with Crippen LogP contribution in [0.4, 0.5) is 4.79 Å². The highest BCUT2D eigenvalue weighted by Gasteiger charge is 2.19. The number of thioether (sulfide) groups is 1. The minimum Gasteiger partial charge on any atom is -0.444 e. The van der Waals surface area contributed by atoms with Gasteiger partial charge in [0, 0.05) is 28.7 Å². The van der Waals surface area contributed by atoms with Gasteiger partial charge in [-0.1, -0.05) is 46.3 Å². The Morgan fingerprint density at radius 2 is 1.80 bits per heavy atom. The van der Waals surface area contributed by atoms with Gasteiger partial charge in [-0.3, -0.25) is 0 Å². The minimum absolute atomic E-state index is 0.314. The first-order chi connectivity index (χ1) is 11.7. The van der Waals surface area contributed by atoms with Gasteiger partial charge in [0.05, 0.1) is 0 Å². The maximum Gasteiger partial charge on any atom is 0.410 e. The quantitative estimate of drug-likeness (QED) is 0.545. The van der Waals surface area contributed by atoms with Gasteiger partial charge in [0.2, 0.25) is 0 Å². The zero-order valence-electron chi connectivity index (χ0n) is 15.1. The van der Waals surface area contributed by atoms with E-state index in [0.717, 1.165) is 15.8 Å². The van der Waals surface area contributed by atoms with Gasteiger partial charge in [0.25, 0.3) is 0 Å². The Hall–Kier alpha value is -1.46. The predicted octanol–water partition coefficient (Wildman–Crippen LogP) is 6.11. The molecule has 0 radical (unpaired) electrons. The summed E-state index contributed by atoms with van der Waals surface area (Å²) in [5.74, 6) is 0.915. The van der Waals surface area contributed by atoms with E-state index in [0.29, 0.717) is 6.54 Å². The molecule has 0 aliphatic rings. The molecule has 0 spiro atoms. The molecule has 1 amide bonds. The molecule has 0 bridgehead atoms. The second-order valence-electron chi connectivity index (χ2n) is 6.91. The molecule has 2 rings (SSSR count). The molecule has 0 atom stereocenters. The first-order valence-electron chi connectivity index (χ1n) is 8.13. The number of benzene rings is 2. The smallest absolute Gasteiger partial charge is 0.410 e. The van der Waals surface area contributed by atoms with Gasteiger partial charge < -0.3 is 9.64 Å². The summed E-state index contributed by atoms with van der Waals surface area (Å²) >= 11 is 5.35. The Morgan fingerprint density at radius 3 is 2.44 bits per heavy atom. The number of carbonyl (C=O) groups is 1. The highest BCUT2D eigenvalue weighted by Crippen LogP contribution is 2.28. The zero-order chi connectivity index (χ0) is 18.4. The van der Waals surface area contributed by atoms with Crippen molar-refractivity contribution < 1.29 is 9.53 Å². The summed E-state index contributed by atoms with van der Waals surface area (Å²) in [6, 6.07) is 16.6. The standard InChI is InChI=1S/C20H24BrNO2S/c1-20(2,3)24-19(23)22(4)13-16-10-17(21)12-18(11-16)25-14-15-8-6-5-7-9-15/h5-12H,13-14H2,1-4H3. The van der Waals surface area contributed by atoms with Crippen LogP contribution >= 0.6 is 27.7 Å². The lowest BCUT2D eigenvalue weighted by Crippen LogP contribution is -2.33. The van der Waals surface area contributed by atoms with Crippen molar-refractivity contribution in [3.8, 4) is 0 Å². The predicted molar refractivity (Wildman–Crippen MR) is 108 cm³/mol. The average Bonchev–Trinajstić information content (AvgIpc) is 2.52. The van der Waals surface area contributed by atoms with Gasteiger partial charge in [-0.25, -0.2) is 4.79 Å². The van der Waals surface area contributed by atoms with E-state index < -0.39 is 5.60 Å². The Balaban J connectivity index is 2.01. The van der Waals surface area contributed by atoms with Crippen molar-refractivity contribution in [2.45, 2.75) is 43.6 Å². The molecule has 134 valence electrons. The molecule has 5 heteroatoms. The van der Waals surface area contributed by atoms with E-state index in [9.17, 15) is 4.79 Å². The Labute approximate surface area is 162 Å². The van der Waals surface area contributed by atoms with Crippen LogP contribution in [0.1, 0.15) is 31.9 Å². The highest BCUT2D eigenvalue weighted by molar-refractivity contribution is 9.10. The van der Waals surface area contributed by atoms with Gasteiger partial charge in [-0.15, -0.1) is 11.8 Å². The van der Waals surface area contributed by atoms with Gasteiger partial charge in [-0.05, 0) is 50.1 Å². The van der Waals surface area contributed by atoms with E-state index in [4.69, 9.17) is 4.74 Å². The third kappa shape index (κ3) is 7.12. The molecule has 0 aromatic heterocycles. The summed E-state index contributed by atoms with van der Waals surface area (Å²) in [6.07, 6.45) is -0.314. The monoisotopic (exact) mass is 421 g/mol. The highest BCUT2D eigenvalue weighted by atomic mass is 79.9. The fourth-order valence-corrected chi connectivity index (χ4v) is 3.88. The normalized spacial score (nSPS) is 11.2. The van der Waals surface area contributed by atoms with Gasteiger partial charge in [-0.2, -0.15) is 0 Å². The van der Waals surface area contributed by atoms with E-state index in [-0.39, 0.29) is 6.09 Å². The van der Waals surface area contributed by atoms with Crippen LogP contribution in [-0.2, 0) is 17.0 Å². The Kier molecular flexibility index (Phi) is 6.96. The van der Waals surface area contributed by atoms with Crippen molar-refractivity contribution >= 4 is 33.8 Å². The number of carbonyl (C=O) groups excluding carboxylic acids is 1. The summed E-state index contributed by atoms with van der Waals surface area (Å²) in [5, 5.41) is 0. The molecule has 25 heavy (non-hydrogen) atoms. The summed E-state index contributed by atoms with van der Waals surface area (Å²) in [6.45, 7) is 6.12. The van der Waals surface area contributed by atoms with Crippen molar-refractivity contribution in [1.82, 2.24) is 4.90 Å². The Morgan fingerprint density at radius 1 is 1.12 bits per heavy atom. The lowest BCUT2D eigenvalue weighted by Gasteiger charge is -2.24. The molecule has 2 aromatic rings. The number of hydrogen-bond donors (Lipinski definition) is 0. The third-order valence-corrected chi connectivity index (χ3v) is 4.81. The fourth-order valence-electron chi connectivity index (χ4n) is 2.21. The van der Waals surface area contributed by atoms with Crippen LogP contribution in [0, 0.1) is 0 Å². The maximum atomic E-state index is 12.1. The summed E-state index contributed by atoms with van der Waals surface area (Å²) in [5.41, 5.74) is 1.87. The van der Waals surface area contributed by atoms with Crippen LogP contribution in [0.25, 0.3) is 0 Å². The summed E-state index contributed by atoms with van der Waals surface area (Å²) in [7, 11) is 1.76. The van der Waals surface area contributed by atoms with Crippen LogP contribution in [0.15, 0.2) is 57.9 Å². The first kappa shape index (κ1) is 19.9. The van der Waals surface area contributed by atoms with Crippen LogP contribution in [0.2, 0.25) is 0 Å². The van der Waals surface area contributed by atoms with Crippen LogP contribution in [0.5, 0.6) is 0 Å². The van der Waals surface area contributed by atoms with Crippen molar-refractivity contribution in [3.63, 3.8) is 0 Å². The minimum atomic E-state index is -0.487. The molecule has 0 heterocycles. The lowest BCUT2D eigenvalue weighted by atomic mass is 10.2. The molecule has 2 aromatic carbocycles. The van der Waals surface area contributed by atoms with Gasteiger partial charge in [0.1, 0.15) is 5.60 Å². The second-order valence-corrected chi connectivity index (χ2v) is 8.87. The number of hydrogen-bond acceptors (Lipinski definition) is 3.